The topological polar surface area (TPSA) is 49.7 Å². The Labute approximate surface area is 125 Å². The number of nitrogens with zero attached hydrogens (tertiary/aromatic N) is 1. The Morgan fingerprint density at radius 3 is 2.45 bits per heavy atom. The predicted molar refractivity (Wildman–Crippen MR) is 80.2 cm³/mol. The fourth-order valence-electron chi connectivity index (χ4n) is 2.23. The van der Waals surface area contributed by atoms with Crippen molar-refractivity contribution in [2.45, 2.75) is 6.54 Å². The van der Waals surface area contributed by atoms with Crippen LogP contribution in [0.2, 0.25) is 10.0 Å². The van der Waals surface area contributed by atoms with E-state index in [2.05, 4.69) is 4.99 Å². The van der Waals surface area contributed by atoms with E-state index < -0.39 is 5.97 Å². The normalized spacial score (nSPS) is 12.5. The van der Waals surface area contributed by atoms with Crippen molar-refractivity contribution in [2.75, 3.05) is 0 Å². The van der Waals surface area contributed by atoms with Crippen molar-refractivity contribution in [3.05, 3.63) is 57.1 Å². The molecule has 2 aromatic carbocycles. The molecule has 20 heavy (non-hydrogen) atoms. The maximum atomic E-state index is 11.1. The third-order valence-electron chi connectivity index (χ3n) is 3.22. The number of aliphatic imine (C=N–C) groups is 1. The summed E-state index contributed by atoms with van der Waals surface area (Å²) in [5, 5.41) is 9.32. The van der Waals surface area contributed by atoms with Gasteiger partial charge in [-0.2, -0.15) is 0 Å². The minimum atomic E-state index is -1.13. The second-order valence-corrected chi connectivity index (χ2v) is 5.32. The van der Waals surface area contributed by atoms with E-state index in [4.69, 9.17) is 28.3 Å². The number of benzene rings is 2. The SMILES string of the molecule is O=C(O)c1c(Cl)cc(-c2ccc3c(c2)CN=C3)cc1Cl. The Bertz CT molecular complexity index is 731. The summed E-state index contributed by atoms with van der Waals surface area (Å²) >= 11 is 12.0. The number of hydrogen-bond acceptors (Lipinski definition) is 2. The van der Waals surface area contributed by atoms with Gasteiger partial charge >= 0.3 is 5.97 Å². The number of halogens is 2. The first-order chi connectivity index (χ1) is 9.56. The molecule has 0 radical (unpaired) electrons. The van der Waals surface area contributed by atoms with Crippen molar-refractivity contribution in [2.24, 2.45) is 4.99 Å². The van der Waals surface area contributed by atoms with Crippen LogP contribution >= 0.6 is 23.2 Å². The largest absolute Gasteiger partial charge is 0.478 e. The minimum Gasteiger partial charge on any atom is -0.478 e. The molecule has 1 aliphatic heterocycles. The highest BCUT2D eigenvalue weighted by Gasteiger charge is 2.16. The van der Waals surface area contributed by atoms with Gasteiger partial charge in [0.1, 0.15) is 0 Å². The van der Waals surface area contributed by atoms with Gasteiger partial charge in [0.05, 0.1) is 22.2 Å². The number of fused-ring (bicyclic) bond motifs is 1. The molecule has 0 aliphatic carbocycles. The van der Waals surface area contributed by atoms with Gasteiger partial charge in [-0.05, 0) is 40.5 Å². The first-order valence-electron chi connectivity index (χ1n) is 5.92. The monoisotopic (exact) mass is 305 g/mol. The van der Waals surface area contributed by atoms with Gasteiger partial charge < -0.3 is 5.11 Å². The summed E-state index contributed by atoms with van der Waals surface area (Å²) in [5.41, 5.74) is 3.90. The average molecular weight is 306 g/mol. The lowest BCUT2D eigenvalue weighted by molar-refractivity contribution is 0.0697. The van der Waals surface area contributed by atoms with Crippen molar-refractivity contribution in [3.8, 4) is 11.1 Å². The summed E-state index contributed by atoms with van der Waals surface area (Å²) in [6.07, 6.45) is 1.84. The van der Waals surface area contributed by atoms with Crippen LogP contribution in [0.4, 0.5) is 0 Å². The molecule has 1 aliphatic rings. The summed E-state index contributed by atoms with van der Waals surface area (Å²) in [6, 6.07) is 9.18. The van der Waals surface area contributed by atoms with Crippen LogP contribution in [0.15, 0.2) is 35.3 Å². The Kier molecular flexibility index (Phi) is 3.24. The smallest absolute Gasteiger partial charge is 0.338 e. The van der Waals surface area contributed by atoms with E-state index in [9.17, 15) is 4.79 Å². The van der Waals surface area contributed by atoms with Crippen molar-refractivity contribution >= 4 is 35.4 Å². The third-order valence-corrected chi connectivity index (χ3v) is 3.82. The van der Waals surface area contributed by atoms with Gasteiger partial charge in [0.15, 0.2) is 0 Å². The molecule has 3 rings (SSSR count). The number of carboxylic acid groups (broad SMARTS) is 1. The van der Waals surface area contributed by atoms with Crippen LogP contribution in [0.25, 0.3) is 11.1 Å². The Balaban J connectivity index is 2.10. The van der Waals surface area contributed by atoms with Crippen molar-refractivity contribution in [1.29, 1.82) is 0 Å². The molecule has 1 N–H and O–H groups in total. The molecule has 0 bridgehead atoms. The van der Waals surface area contributed by atoms with Gasteiger partial charge in [-0.1, -0.05) is 35.3 Å². The standard InChI is InChI=1S/C15H9Cl2NO2/c16-12-4-10(5-13(17)14(12)15(19)20)8-1-2-9-6-18-7-11(9)3-8/h1-6H,7H2,(H,19,20). The van der Waals surface area contributed by atoms with Crippen LogP contribution in [-0.4, -0.2) is 17.3 Å². The molecule has 1 heterocycles. The van der Waals surface area contributed by atoms with E-state index >= 15 is 0 Å². The molecule has 0 saturated carbocycles. The van der Waals surface area contributed by atoms with Gasteiger partial charge in [-0.25, -0.2) is 4.79 Å². The molecule has 0 unspecified atom stereocenters. The van der Waals surface area contributed by atoms with Crippen molar-refractivity contribution in [1.82, 2.24) is 0 Å². The van der Waals surface area contributed by atoms with Crippen LogP contribution < -0.4 is 0 Å². The maximum Gasteiger partial charge on any atom is 0.338 e. The van der Waals surface area contributed by atoms with Gasteiger partial charge in [-0.3, -0.25) is 4.99 Å². The van der Waals surface area contributed by atoms with Crippen LogP contribution in [0.3, 0.4) is 0 Å². The highest BCUT2D eigenvalue weighted by Crippen LogP contribution is 2.33. The van der Waals surface area contributed by atoms with Gasteiger partial charge in [0, 0.05) is 6.21 Å². The number of rotatable bonds is 2. The fourth-order valence-corrected chi connectivity index (χ4v) is 2.88. The summed E-state index contributed by atoms with van der Waals surface area (Å²) in [6.45, 7) is 0.665. The maximum absolute atomic E-state index is 11.1. The molecule has 5 heteroatoms. The second-order valence-electron chi connectivity index (χ2n) is 4.50. The van der Waals surface area contributed by atoms with E-state index in [1.165, 1.54) is 0 Å². The Morgan fingerprint density at radius 1 is 1.10 bits per heavy atom. The zero-order valence-corrected chi connectivity index (χ0v) is 11.7. The quantitative estimate of drug-likeness (QED) is 0.899. The lowest BCUT2D eigenvalue weighted by Gasteiger charge is -2.08. The minimum absolute atomic E-state index is 0.0680. The number of hydrogen-bond donors (Lipinski definition) is 1. The third kappa shape index (κ3) is 2.19. The summed E-state index contributed by atoms with van der Waals surface area (Å²) in [7, 11) is 0. The zero-order valence-electron chi connectivity index (χ0n) is 10.2. The van der Waals surface area contributed by atoms with E-state index in [1.807, 2.05) is 24.4 Å². The average Bonchev–Trinajstić information content (AvgIpc) is 2.84. The number of carboxylic acids is 1. The molecular formula is C15H9Cl2NO2. The molecule has 0 fully saturated rings. The second kappa shape index (κ2) is 4.93. The molecule has 0 atom stereocenters. The molecule has 0 spiro atoms. The predicted octanol–water partition coefficient (Wildman–Crippen LogP) is 4.29. The number of carbonyl (C=O) groups is 1. The van der Waals surface area contributed by atoms with Gasteiger partial charge in [0.25, 0.3) is 0 Å². The summed E-state index contributed by atoms with van der Waals surface area (Å²) in [4.78, 5) is 15.3. The molecule has 0 amide bonds. The van der Waals surface area contributed by atoms with Crippen LogP contribution in [0.1, 0.15) is 21.5 Å². The molecule has 0 saturated heterocycles. The summed E-state index contributed by atoms with van der Waals surface area (Å²) in [5.74, 6) is -1.13. The zero-order chi connectivity index (χ0) is 14.3. The molecular weight excluding hydrogens is 297 g/mol. The van der Waals surface area contributed by atoms with Crippen LogP contribution in [0.5, 0.6) is 0 Å². The number of aromatic carboxylic acids is 1. The van der Waals surface area contributed by atoms with Gasteiger partial charge in [0.2, 0.25) is 0 Å². The molecule has 2 aromatic rings. The Morgan fingerprint density at radius 2 is 1.80 bits per heavy atom. The van der Waals surface area contributed by atoms with Crippen molar-refractivity contribution < 1.29 is 9.90 Å². The van der Waals surface area contributed by atoms with Gasteiger partial charge in [-0.15, -0.1) is 0 Å². The van der Waals surface area contributed by atoms with E-state index in [0.29, 0.717) is 6.54 Å². The molecule has 3 nitrogen and oxygen atoms in total. The fraction of sp³-hybridized carbons (Fsp3) is 0.0667. The van der Waals surface area contributed by atoms with E-state index in [0.717, 1.165) is 22.3 Å². The molecule has 100 valence electrons. The summed E-state index contributed by atoms with van der Waals surface area (Å²) < 4.78 is 0. The van der Waals surface area contributed by atoms with E-state index in [1.54, 1.807) is 12.1 Å². The highest BCUT2D eigenvalue weighted by molar-refractivity contribution is 6.39. The van der Waals surface area contributed by atoms with E-state index in [-0.39, 0.29) is 15.6 Å². The Hall–Kier alpha value is -1.84. The first-order valence-corrected chi connectivity index (χ1v) is 6.67. The van der Waals surface area contributed by atoms with Crippen molar-refractivity contribution in [3.63, 3.8) is 0 Å². The lowest BCUT2D eigenvalue weighted by Crippen LogP contribution is -1.99. The molecule has 0 aromatic heterocycles. The lowest BCUT2D eigenvalue weighted by atomic mass is 9.99. The van der Waals surface area contributed by atoms with Crippen LogP contribution in [0, 0.1) is 0 Å². The van der Waals surface area contributed by atoms with Crippen LogP contribution in [-0.2, 0) is 6.54 Å². The first kappa shape index (κ1) is 13.2. The highest BCUT2D eigenvalue weighted by atomic mass is 35.5.